The lowest BCUT2D eigenvalue weighted by Gasteiger charge is -2.34. The van der Waals surface area contributed by atoms with E-state index in [4.69, 9.17) is 4.42 Å². The Bertz CT molecular complexity index is 789. The largest absolute Gasteiger partial charge is 0.440 e. The molecule has 0 unspecified atom stereocenters. The van der Waals surface area contributed by atoms with Crippen LogP contribution < -0.4 is 0 Å². The first-order chi connectivity index (χ1) is 12.2. The summed E-state index contributed by atoms with van der Waals surface area (Å²) in [6, 6.07) is 9.21. The molecule has 0 saturated carbocycles. The maximum absolute atomic E-state index is 12.4. The Labute approximate surface area is 145 Å². The third kappa shape index (κ3) is 2.80. The minimum Gasteiger partial charge on any atom is -0.440 e. The summed E-state index contributed by atoms with van der Waals surface area (Å²) < 4.78 is 5.85. The van der Waals surface area contributed by atoms with E-state index in [1.807, 2.05) is 37.3 Å². The van der Waals surface area contributed by atoms with Crippen molar-refractivity contribution in [2.24, 2.45) is 0 Å². The maximum atomic E-state index is 12.4. The molecule has 0 aliphatic carbocycles. The Morgan fingerprint density at radius 2 is 2.00 bits per heavy atom. The normalized spacial score (nSPS) is 21.1. The minimum absolute atomic E-state index is 0.0975. The highest BCUT2D eigenvalue weighted by molar-refractivity contribution is 6.04. The zero-order chi connectivity index (χ0) is 17.4. The molecule has 2 fully saturated rings. The fourth-order valence-corrected chi connectivity index (χ4v) is 3.46. The number of oxazole rings is 1. The number of nitrogens with zero attached hydrogens (tertiary/aromatic N) is 4. The molecular formula is C18H20N4O3. The van der Waals surface area contributed by atoms with Gasteiger partial charge in [0.2, 0.25) is 5.89 Å². The number of hydrogen-bond acceptors (Lipinski definition) is 5. The van der Waals surface area contributed by atoms with Crippen LogP contribution in [0.15, 0.2) is 40.9 Å². The molecule has 7 nitrogen and oxygen atoms in total. The van der Waals surface area contributed by atoms with Crippen molar-refractivity contribution in [2.75, 3.05) is 26.2 Å². The number of carbonyl (C=O) groups excluding carboxylic acids is 2. The standard InChI is InChI=1S/C18H20N4O3/c1-2-21-17(23)15-12-20(8-9-22(15)18(21)24)11-14-10-19-16(25-14)13-6-4-3-5-7-13/h3-7,10,15H,2,8-9,11-12H2,1H3/t15-/m0/s1. The quantitative estimate of drug-likeness (QED) is 0.794. The molecule has 2 aliphatic rings. The summed E-state index contributed by atoms with van der Waals surface area (Å²) >= 11 is 0. The van der Waals surface area contributed by atoms with Crippen molar-refractivity contribution in [3.05, 3.63) is 42.3 Å². The van der Waals surface area contributed by atoms with Gasteiger partial charge in [-0.2, -0.15) is 0 Å². The highest BCUT2D eigenvalue weighted by Crippen LogP contribution is 2.24. The van der Waals surface area contributed by atoms with Crippen molar-refractivity contribution >= 4 is 11.9 Å². The van der Waals surface area contributed by atoms with Crippen LogP contribution in [-0.4, -0.2) is 63.8 Å². The highest BCUT2D eigenvalue weighted by Gasteiger charge is 2.46. The van der Waals surface area contributed by atoms with Gasteiger partial charge in [-0.3, -0.25) is 14.6 Å². The molecule has 25 heavy (non-hydrogen) atoms. The number of carbonyl (C=O) groups is 2. The minimum atomic E-state index is -0.377. The predicted octanol–water partition coefficient (Wildman–Crippen LogP) is 1.81. The van der Waals surface area contributed by atoms with Crippen molar-refractivity contribution in [2.45, 2.75) is 19.5 Å². The Morgan fingerprint density at radius 3 is 2.76 bits per heavy atom. The summed E-state index contributed by atoms with van der Waals surface area (Å²) in [5.41, 5.74) is 0.939. The monoisotopic (exact) mass is 340 g/mol. The molecule has 0 radical (unpaired) electrons. The second kappa shape index (κ2) is 6.33. The third-order valence-corrected chi connectivity index (χ3v) is 4.76. The van der Waals surface area contributed by atoms with E-state index in [0.29, 0.717) is 38.6 Å². The molecule has 2 saturated heterocycles. The lowest BCUT2D eigenvalue weighted by molar-refractivity contribution is -0.129. The average molecular weight is 340 g/mol. The topological polar surface area (TPSA) is 69.9 Å². The van der Waals surface area contributed by atoms with E-state index >= 15 is 0 Å². The van der Waals surface area contributed by atoms with Crippen LogP contribution in [0.5, 0.6) is 0 Å². The number of aromatic nitrogens is 1. The van der Waals surface area contributed by atoms with E-state index in [2.05, 4.69) is 9.88 Å². The Morgan fingerprint density at radius 1 is 1.20 bits per heavy atom. The van der Waals surface area contributed by atoms with Crippen molar-refractivity contribution in [3.63, 3.8) is 0 Å². The maximum Gasteiger partial charge on any atom is 0.327 e. The zero-order valence-corrected chi connectivity index (χ0v) is 14.1. The van der Waals surface area contributed by atoms with Gasteiger partial charge in [-0.15, -0.1) is 0 Å². The molecule has 130 valence electrons. The fraction of sp³-hybridized carbons (Fsp3) is 0.389. The highest BCUT2D eigenvalue weighted by atomic mass is 16.4. The summed E-state index contributed by atoms with van der Waals surface area (Å²) in [7, 11) is 0. The van der Waals surface area contributed by atoms with E-state index < -0.39 is 0 Å². The third-order valence-electron chi connectivity index (χ3n) is 4.76. The van der Waals surface area contributed by atoms with E-state index in [1.165, 1.54) is 4.90 Å². The molecule has 3 amide bonds. The molecule has 0 bridgehead atoms. The summed E-state index contributed by atoms with van der Waals surface area (Å²) in [4.78, 5) is 34.0. The van der Waals surface area contributed by atoms with Crippen molar-refractivity contribution in [1.82, 2.24) is 19.7 Å². The SMILES string of the molecule is CCN1C(=O)[C@@H]2CN(Cc3cnc(-c4ccccc4)o3)CCN2C1=O. The second-order valence-corrected chi connectivity index (χ2v) is 6.31. The first-order valence-corrected chi connectivity index (χ1v) is 8.52. The lowest BCUT2D eigenvalue weighted by atomic mass is 10.2. The van der Waals surface area contributed by atoms with Gasteiger partial charge in [0.1, 0.15) is 11.8 Å². The van der Waals surface area contributed by atoms with Crippen LogP contribution in [0.1, 0.15) is 12.7 Å². The number of fused-ring (bicyclic) bond motifs is 1. The molecule has 7 heteroatoms. The Balaban J connectivity index is 1.44. The van der Waals surface area contributed by atoms with Crippen LogP contribution in [-0.2, 0) is 11.3 Å². The van der Waals surface area contributed by atoms with Crippen molar-refractivity contribution in [3.8, 4) is 11.5 Å². The van der Waals surface area contributed by atoms with Crippen LogP contribution in [0.2, 0.25) is 0 Å². The number of imide groups is 1. The van der Waals surface area contributed by atoms with Crippen LogP contribution in [0.25, 0.3) is 11.5 Å². The number of benzene rings is 1. The molecule has 3 heterocycles. The van der Waals surface area contributed by atoms with Gasteiger partial charge in [0.25, 0.3) is 5.91 Å². The first kappa shape index (κ1) is 15.8. The van der Waals surface area contributed by atoms with Crippen LogP contribution in [0.4, 0.5) is 4.79 Å². The van der Waals surface area contributed by atoms with Crippen molar-refractivity contribution < 1.29 is 14.0 Å². The molecule has 0 spiro atoms. The Hall–Kier alpha value is -2.67. The van der Waals surface area contributed by atoms with Gasteiger partial charge in [0.15, 0.2) is 0 Å². The van der Waals surface area contributed by atoms with Gasteiger partial charge in [0.05, 0.1) is 12.7 Å². The van der Waals surface area contributed by atoms with Gasteiger partial charge in [0, 0.05) is 31.7 Å². The van der Waals surface area contributed by atoms with Gasteiger partial charge < -0.3 is 9.32 Å². The molecule has 0 N–H and O–H groups in total. The molecule has 2 aliphatic heterocycles. The fourth-order valence-electron chi connectivity index (χ4n) is 3.46. The number of rotatable bonds is 4. The smallest absolute Gasteiger partial charge is 0.327 e. The molecule has 2 aromatic rings. The molecular weight excluding hydrogens is 320 g/mol. The van der Waals surface area contributed by atoms with Crippen molar-refractivity contribution in [1.29, 1.82) is 0 Å². The number of hydrogen-bond donors (Lipinski definition) is 0. The van der Waals surface area contributed by atoms with E-state index in [-0.39, 0.29) is 18.0 Å². The number of piperazine rings is 1. The zero-order valence-electron chi connectivity index (χ0n) is 14.1. The molecule has 1 aromatic carbocycles. The van der Waals surface area contributed by atoms with Gasteiger partial charge in [-0.05, 0) is 19.1 Å². The van der Waals surface area contributed by atoms with Gasteiger partial charge >= 0.3 is 6.03 Å². The predicted molar refractivity (Wildman–Crippen MR) is 90.5 cm³/mol. The number of urea groups is 1. The average Bonchev–Trinajstić information content (AvgIpc) is 3.19. The summed E-state index contributed by atoms with van der Waals surface area (Å²) in [6.45, 7) is 4.64. The summed E-state index contributed by atoms with van der Waals surface area (Å²) in [5.74, 6) is 1.26. The first-order valence-electron chi connectivity index (χ1n) is 8.52. The molecule has 4 rings (SSSR count). The van der Waals surface area contributed by atoms with Gasteiger partial charge in [-0.1, -0.05) is 18.2 Å². The summed E-state index contributed by atoms with van der Waals surface area (Å²) in [5, 5.41) is 0. The molecule has 1 atom stereocenters. The summed E-state index contributed by atoms with van der Waals surface area (Å²) in [6.07, 6.45) is 1.73. The second-order valence-electron chi connectivity index (χ2n) is 6.31. The van der Waals surface area contributed by atoms with Crippen LogP contribution >= 0.6 is 0 Å². The van der Waals surface area contributed by atoms with Crippen LogP contribution in [0, 0.1) is 0 Å². The number of amides is 3. The van der Waals surface area contributed by atoms with E-state index in [9.17, 15) is 9.59 Å². The Kier molecular flexibility index (Phi) is 4.01. The number of likely N-dealkylation sites (N-methyl/N-ethyl adjacent to an activating group) is 1. The van der Waals surface area contributed by atoms with Gasteiger partial charge in [-0.25, -0.2) is 9.78 Å². The van der Waals surface area contributed by atoms with E-state index in [0.717, 1.165) is 11.3 Å². The lowest BCUT2D eigenvalue weighted by Crippen LogP contribution is -2.52. The van der Waals surface area contributed by atoms with Crippen LogP contribution in [0.3, 0.4) is 0 Å². The molecule has 1 aromatic heterocycles. The van der Waals surface area contributed by atoms with E-state index in [1.54, 1.807) is 11.1 Å².